The van der Waals surface area contributed by atoms with Gasteiger partial charge in [-0.25, -0.2) is 0 Å². The summed E-state index contributed by atoms with van der Waals surface area (Å²) in [5, 5.41) is 2.93. The third-order valence-corrected chi connectivity index (χ3v) is 4.12. The number of hydrogen-bond acceptors (Lipinski definition) is 3. The Labute approximate surface area is 126 Å². The number of hydrogen-bond donors (Lipinski definition) is 1. The van der Waals surface area contributed by atoms with Gasteiger partial charge < -0.3 is 14.6 Å². The molecule has 2 atom stereocenters. The van der Waals surface area contributed by atoms with Crippen LogP contribution < -0.4 is 5.32 Å². The minimum absolute atomic E-state index is 0. The molecule has 0 bridgehead atoms. The van der Waals surface area contributed by atoms with Gasteiger partial charge in [-0.2, -0.15) is 0 Å². The summed E-state index contributed by atoms with van der Waals surface area (Å²) in [5.41, 5.74) is 0. The van der Waals surface area contributed by atoms with Crippen molar-refractivity contribution in [3.63, 3.8) is 0 Å². The third-order valence-electron chi connectivity index (χ3n) is 4.12. The van der Waals surface area contributed by atoms with Gasteiger partial charge in [-0.3, -0.25) is 4.79 Å². The van der Waals surface area contributed by atoms with E-state index in [4.69, 9.17) is 4.42 Å². The summed E-state index contributed by atoms with van der Waals surface area (Å²) in [6.45, 7) is 3.27. The van der Waals surface area contributed by atoms with Crippen LogP contribution in [0.15, 0.2) is 16.5 Å². The number of likely N-dealkylation sites (N-methyl/N-ethyl adjacent to an activating group) is 1. The average molecular weight is 299 g/mol. The Bertz CT molecular complexity index is 470. The van der Waals surface area contributed by atoms with Gasteiger partial charge in [-0.15, -0.1) is 12.4 Å². The highest BCUT2D eigenvalue weighted by molar-refractivity contribution is 5.85. The van der Waals surface area contributed by atoms with E-state index in [0.29, 0.717) is 25.0 Å². The van der Waals surface area contributed by atoms with Crippen LogP contribution >= 0.6 is 12.4 Å². The molecule has 1 aromatic heterocycles. The zero-order valence-corrected chi connectivity index (χ0v) is 12.9. The standard InChI is InChI=1S/C15H22N2O2.ClH/c1-10-7-13(10)14-6-5-12(19-14)9-17(11-3-4-11)15(18)8-16-2;/h5-6,10-11,13,16H,3-4,7-9H2,1-2H3;1H. The Morgan fingerprint density at radius 3 is 2.70 bits per heavy atom. The fourth-order valence-corrected chi connectivity index (χ4v) is 2.63. The van der Waals surface area contributed by atoms with Crippen molar-refractivity contribution in [2.24, 2.45) is 5.92 Å². The molecule has 0 spiro atoms. The van der Waals surface area contributed by atoms with E-state index < -0.39 is 0 Å². The van der Waals surface area contributed by atoms with E-state index in [2.05, 4.69) is 18.3 Å². The predicted molar refractivity (Wildman–Crippen MR) is 80.0 cm³/mol. The van der Waals surface area contributed by atoms with E-state index in [1.54, 1.807) is 0 Å². The second kappa shape index (κ2) is 6.19. The van der Waals surface area contributed by atoms with Crippen molar-refractivity contribution in [1.82, 2.24) is 10.2 Å². The van der Waals surface area contributed by atoms with Crippen molar-refractivity contribution in [2.45, 2.75) is 44.7 Å². The molecular formula is C15H23ClN2O2. The maximum absolute atomic E-state index is 12.1. The summed E-state index contributed by atoms with van der Waals surface area (Å²) < 4.78 is 5.90. The normalized spacial score (nSPS) is 24.1. The number of amides is 1. The van der Waals surface area contributed by atoms with Crippen LogP contribution in [0.5, 0.6) is 0 Å². The fraction of sp³-hybridized carbons (Fsp3) is 0.667. The Kier molecular flexibility index (Phi) is 4.76. The molecule has 0 aliphatic heterocycles. The monoisotopic (exact) mass is 298 g/mol. The molecule has 2 saturated carbocycles. The first-order valence-corrected chi connectivity index (χ1v) is 7.21. The zero-order chi connectivity index (χ0) is 13.4. The molecule has 2 fully saturated rings. The molecule has 4 nitrogen and oxygen atoms in total. The summed E-state index contributed by atoms with van der Waals surface area (Å²) in [6.07, 6.45) is 3.49. The molecule has 0 radical (unpaired) electrons. The van der Waals surface area contributed by atoms with Crippen LogP contribution in [0.1, 0.15) is 43.6 Å². The molecule has 1 N–H and O–H groups in total. The maximum Gasteiger partial charge on any atom is 0.237 e. The third kappa shape index (κ3) is 3.36. The Morgan fingerprint density at radius 2 is 2.15 bits per heavy atom. The number of nitrogens with zero attached hydrogens (tertiary/aromatic N) is 1. The number of furan rings is 1. The van der Waals surface area contributed by atoms with Gasteiger partial charge >= 0.3 is 0 Å². The summed E-state index contributed by atoms with van der Waals surface area (Å²) in [4.78, 5) is 14.0. The van der Waals surface area contributed by atoms with Gasteiger partial charge in [0.05, 0.1) is 13.1 Å². The highest BCUT2D eigenvalue weighted by Crippen LogP contribution is 2.47. The van der Waals surface area contributed by atoms with E-state index >= 15 is 0 Å². The first-order valence-electron chi connectivity index (χ1n) is 7.21. The quantitative estimate of drug-likeness (QED) is 0.878. The molecule has 3 rings (SSSR count). The largest absolute Gasteiger partial charge is 0.464 e. The second-order valence-electron chi connectivity index (χ2n) is 5.91. The van der Waals surface area contributed by atoms with Crippen molar-refractivity contribution in [1.29, 1.82) is 0 Å². The Balaban J connectivity index is 0.00000147. The molecule has 1 aromatic rings. The maximum atomic E-state index is 12.1. The van der Waals surface area contributed by atoms with Crippen LogP contribution in [-0.4, -0.2) is 30.4 Å². The molecular weight excluding hydrogens is 276 g/mol. The van der Waals surface area contributed by atoms with Gasteiger partial charge in [0.2, 0.25) is 5.91 Å². The first-order chi connectivity index (χ1) is 9.19. The zero-order valence-electron chi connectivity index (χ0n) is 12.1. The molecule has 0 saturated heterocycles. The van der Waals surface area contributed by atoms with Crippen molar-refractivity contribution in [3.8, 4) is 0 Å². The predicted octanol–water partition coefficient (Wildman–Crippen LogP) is 2.54. The smallest absolute Gasteiger partial charge is 0.237 e. The summed E-state index contributed by atoms with van der Waals surface area (Å²) >= 11 is 0. The van der Waals surface area contributed by atoms with Crippen LogP contribution in [-0.2, 0) is 11.3 Å². The van der Waals surface area contributed by atoms with Gasteiger partial charge in [0.25, 0.3) is 0 Å². The lowest BCUT2D eigenvalue weighted by Crippen LogP contribution is -2.38. The fourth-order valence-electron chi connectivity index (χ4n) is 2.63. The first kappa shape index (κ1) is 15.4. The van der Waals surface area contributed by atoms with E-state index in [1.807, 2.05) is 18.0 Å². The lowest BCUT2D eigenvalue weighted by atomic mass is 10.3. The lowest BCUT2D eigenvalue weighted by molar-refractivity contribution is -0.131. The second-order valence-corrected chi connectivity index (χ2v) is 5.91. The summed E-state index contributed by atoms with van der Waals surface area (Å²) in [5.74, 6) is 3.55. The molecule has 20 heavy (non-hydrogen) atoms. The SMILES string of the molecule is CNCC(=O)N(Cc1ccc(C2CC2C)o1)C1CC1.Cl. The van der Waals surface area contributed by atoms with Crippen molar-refractivity contribution < 1.29 is 9.21 Å². The van der Waals surface area contributed by atoms with Crippen LogP contribution in [0, 0.1) is 5.92 Å². The van der Waals surface area contributed by atoms with Crippen LogP contribution in [0.2, 0.25) is 0 Å². The number of nitrogens with one attached hydrogen (secondary N) is 1. The minimum atomic E-state index is 0. The summed E-state index contributed by atoms with van der Waals surface area (Å²) in [7, 11) is 1.81. The van der Waals surface area contributed by atoms with E-state index in [-0.39, 0.29) is 18.3 Å². The number of carbonyl (C=O) groups is 1. The van der Waals surface area contributed by atoms with Gasteiger partial charge in [-0.05, 0) is 44.4 Å². The number of rotatable bonds is 6. The number of carbonyl (C=O) groups excluding carboxylic acids is 1. The van der Waals surface area contributed by atoms with Crippen LogP contribution in [0.3, 0.4) is 0 Å². The van der Waals surface area contributed by atoms with E-state index in [9.17, 15) is 4.79 Å². The number of halogens is 1. The lowest BCUT2D eigenvalue weighted by Gasteiger charge is -2.21. The molecule has 1 heterocycles. The van der Waals surface area contributed by atoms with Gasteiger partial charge in [0.1, 0.15) is 11.5 Å². The molecule has 2 unspecified atom stereocenters. The van der Waals surface area contributed by atoms with Gasteiger partial charge in [0.15, 0.2) is 0 Å². The highest BCUT2D eigenvalue weighted by Gasteiger charge is 2.37. The molecule has 2 aliphatic rings. The molecule has 5 heteroatoms. The van der Waals surface area contributed by atoms with Gasteiger partial charge in [0, 0.05) is 12.0 Å². The molecule has 0 aromatic carbocycles. The van der Waals surface area contributed by atoms with Crippen LogP contribution in [0.4, 0.5) is 0 Å². The molecule has 2 aliphatic carbocycles. The van der Waals surface area contributed by atoms with E-state index in [1.165, 1.54) is 6.42 Å². The van der Waals surface area contributed by atoms with Crippen molar-refractivity contribution in [3.05, 3.63) is 23.7 Å². The van der Waals surface area contributed by atoms with Gasteiger partial charge in [-0.1, -0.05) is 6.92 Å². The summed E-state index contributed by atoms with van der Waals surface area (Å²) in [6, 6.07) is 4.54. The molecule has 1 amide bonds. The van der Waals surface area contributed by atoms with Crippen molar-refractivity contribution in [2.75, 3.05) is 13.6 Å². The topological polar surface area (TPSA) is 45.5 Å². The average Bonchev–Trinajstić information content (AvgIpc) is 3.29. The van der Waals surface area contributed by atoms with Crippen LogP contribution in [0.25, 0.3) is 0 Å². The Morgan fingerprint density at radius 1 is 1.45 bits per heavy atom. The highest BCUT2D eigenvalue weighted by atomic mass is 35.5. The van der Waals surface area contributed by atoms with Crippen molar-refractivity contribution >= 4 is 18.3 Å². The molecule has 112 valence electrons. The van der Waals surface area contributed by atoms with E-state index in [0.717, 1.165) is 30.3 Å². The minimum Gasteiger partial charge on any atom is -0.464 e. The Hall–Kier alpha value is -1.00.